The Labute approximate surface area is 207 Å². The molecule has 0 amide bonds. The highest BCUT2D eigenvalue weighted by atomic mass is 16.6. The molecule has 188 valence electrons. The fourth-order valence-electron chi connectivity index (χ4n) is 7.89. The standard InChI is InChI=1S/C29H36O6/c1-17-20-12-15-33-22(20)16-21-23(17)24(34-18(2)30)25(35-26(31)19-10-7-6-8-11-19)29(32)27(3,4)13-9-14-28(21,29)5/h6-8,10-12,15,17,21,23-25,32H,9,13-14,16H2,1-5H3/t17-,21-,23-,24+,25+,28+,29+/m0/s1. The summed E-state index contributed by atoms with van der Waals surface area (Å²) in [5.74, 6) is -0.145. The van der Waals surface area contributed by atoms with E-state index in [1.807, 2.05) is 26.0 Å². The van der Waals surface area contributed by atoms with E-state index in [1.54, 1.807) is 30.5 Å². The summed E-state index contributed by atoms with van der Waals surface area (Å²) in [7, 11) is 0. The van der Waals surface area contributed by atoms with Gasteiger partial charge in [0.15, 0.2) is 6.10 Å². The predicted octanol–water partition coefficient (Wildman–Crippen LogP) is 5.29. The van der Waals surface area contributed by atoms with Crippen molar-refractivity contribution < 1.29 is 28.6 Å². The van der Waals surface area contributed by atoms with Crippen LogP contribution in [0.4, 0.5) is 0 Å². The van der Waals surface area contributed by atoms with Gasteiger partial charge in [-0.25, -0.2) is 4.79 Å². The summed E-state index contributed by atoms with van der Waals surface area (Å²) in [6.07, 6.45) is 3.13. The van der Waals surface area contributed by atoms with Crippen molar-refractivity contribution in [1.82, 2.24) is 0 Å². The van der Waals surface area contributed by atoms with Crippen LogP contribution in [0.5, 0.6) is 0 Å². The first kappa shape index (κ1) is 24.1. The van der Waals surface area contributed by atoms with Crippen LogP contribution in [0.2, 0.25) is 0 Å². The van der Waals surface area contributed by atoms with Crippen molar-refractivity contribution in [3.05, 3.63) is 59.5 Å². The van der Waals surface area contributed by atoms with Crippen molar-refractivity contribution in [2.45, 2.75) is 84.0 Å². The summed E-state index contributed by atoms with van der Waals surface area (Å²) >= 11 is 0. The number of carbonyl (C=O) groups is 2. The molecule has 1 aromatic carbocycles. The number of benzene rings is 1. The van der Waals surface area contributed by atoms with Crippen LogP contribution in [0.3, 0.4) is 0 Å². The molecule has 1 N–H and O–H groups in total. The summed E-state index contributed by atoms with van der Waals surface area (Å²) in [5, 5.41) is 12.8. The lowest BCUT2D eigenvalue weighted by Crippen LogP contribution is -2.77. The van der Waals surface area contributed by atoms with Crippen LogP contribution in [0, 0.1) is 22.7 Å². The molecule has 6 heteroatoms. The number of hydrogen-bond donors (Lipinski definition) is 1. The number of hydrogen-bond acceptors (Lipinski definition) is 6. The average molecular weight is 481 g/mol. The first-order valence-electron chi connectivity index (χ1n) is 12.7. The van der Waals surface area contributed by atoms with Gasteiger partial charge in [-0.15, -0.1) is 0 Å². The van der Waals surface area contributed by atoms with Crippen molar-refractivity contribution in [1.29, 1.82) is 0 Å². The molecule has 35 heavy (non-hydrogen) atoms. The third-order valence-corrected chi connectivity index (χ3v) is 9.57. The molecule has 3 aliphatic rings. The third kappa shape index (κ3) is 3.40. The van der Waals surface area contributed by atoms with E-state index in [-0.39, 0.29) is 17.8 Å². The Morgan fingerprint density at radius 1 is 1.06 bits per heavy atom. The second-order valence-electron chi connectivity index (χ2n) is 11.7. The number of furan rings is 1. The second kappa shape index (κ2) is 8.22. The fourth-order valence-corrected chi connectivity index (χ4v) is 7.89. The molecule has 2 fully saturated rings. The van der Waals surface area contributed by atoms with E-state index in [4.69, 9.17) is 13.9 Å². The summed E-state index contributed by atoms with van der Waals surface area (Å²) in [4.78, 5) is 25.8. The van der Waals surface area contributed by atoms with E-state index in [0.717, 1.165) is 30.6 Å². The zero-order chi connectivity index (χ0) is 25.2. The summed E-state index contributed by atoms with van der Waals surface area (Å²) < 4.78 is 18.1. The van der Waals surface area contributed by atoms with Gasteiger partial charge in [-0.05, 0) is 53.9 Å². The number of ether oxygens (including phenoxy) is 2. The third-order valence-electron chi connectivity index (χ3n) is 9.57. The molecule has 2 saturated carbocycles. The van der Waals surface area contributed by atoms with E-state index in [2.05, 4.69) is 13.8 Å². The first-order valence-corrected chi connectivity index (χ1v) is 12.7. The number of carbonyl (C=O) groups excluding carboxylic acids is 2. The van der Waals surface area contributed by atoms with Gasteiger partial charge in [-0.3, -0.25) is 4.79 Å². The lowest BCUT2D eigenvalue weighted by atomic mass is 9.40. The minimum atomic E-state index is -1.41. The van der Waals surface area contributed by atoms with Gasteiger partial charge in [0.1, 0.15) is 17.5 Å². The molecule has 6 nitrogen and oxygen atoms in total. The van der Waals surface area contributed by atoms with Gasteiger partial charge in [-0.2, -0.15) is 0 Å². The Bertz CT molecular complexity index is 1120. The number of fused-ring (bicyclic) bond motifs is 4. The Hall–Kier alpha value is -2.60. The highest BCUT2D eigenvalue weighted by Gasteiger charge is 2.74. The average Bonchev–Trinajstić information content (AvgIpc) is 3.28. The van der Waals surface area contributed by atoms with Crippen molar-refractivity contribution >= 4 is 11.9 Å². The molecule has 3 aliphatic carbocycles. The summed E-state index contributed by atoms with van der Waals surface area (Å²) in [5.41, 5.74) is -1.05. The summed E-state index contributed by atoms with van der Waals surface area (Å²) in [6.45, 7) is 9.73. The quantitative estimate of drug-likeness (QED) is 0.601. The maximum absolute atomic E-state index is 13.4. The second-order valence-corrected chi connectivity index (χ2v) is 11.7. The minimum absolute atomic E-state index is 0.00301. The normalized spacial score (nSPS) is 37.4. The number of esters is 2. The van der Waals surface area contributed by atoms with Crippen molar-refractivity contribution in [3.8, 4) is 0 Å². The number of rotatable bonds is 3. The van der Waals surface area contributed by atoms with E-state index in [0.29, 0.717) is 12.0 Å². The molecule has 0 radical (unpaired) electrons. The first-order chi connectivity index (χ1) is 16.5. The molecule has 0 spiro atoms. The van der Waals surface area contributed by atoms with Crippen LogP contribution in [0.15, 0.2) is 47.1 Å². The van der Waals surface area contributed by atoms with Gasteiger partial charge in [0.05, 0.1) is 11.8 Å². The minimum Gasteiger partial charge on any atom is -0.469 e. The van der Waals surface area contributed by atoms with Crippen LogP contribution in [-0.4, -0.2) is 34.9 Å². The lowest BCUT2D eigenvalue weighted by molar-refractivity contribution is -0.313. The zero-order valence-electron chi connectivity index (χ0n) is 21.2. The molecule has 7 atom stereocenters. The van der Waals surface area contributed by atoms with Gasteiger partial charge < -0.3 is 19.0 Å². The predicted molar refractivity (Wildman–Crippen MR) is 130 cm³/mol. The highest BCUT2D eigenvalue weighted by molar-refractivity contribution is 5.89. The van der Waals surface area contributed by atoms with Gasteiger partial charge in [0.25, 0.3) is 0 Å². The molecular formula is C29H36O6. The molecule has 1 heterocycles. The fraction of sp³-hybridized carbons (Fsp3) is 0.586. The smallest absolute Gasteiger partial charge is 0.338 e. The van der Waals surface area contributed by atoms with Gasteiger partial charge in [-0.1, -0.05) is 52.3 Å². The lowest BCUT2D eigenvalue weighted by Gasteiger charge is -2.68. The zero-order valence-corrected chi connectivity index (χ0v) is 21.2. The Kier molecular flexibility index (Phi) is 5.67. The van der Waals surface area contributed by atoms with Crippen molar-refractivity contribution in [2.75, 3.05) is 0 Å². The van der Waals surface area contributed by atoms with Crippen LogP contribution in [-0.2, 0) is 20.7 Å². The van der Waals surface area contributed by atoms with E-state index < -0.39 is 40.6 Å². The molecule has 0 bridgehead atoms. The van der Waals surface area contributed by atoms with E-state index in [1.165, 1.54) is 6.92 Å². The molecule has 5 rings (SSSR count). The topological polar surface area (TPSA) is 86.0 Å². The van der Waals surface area contributed by atoms with Crippen LogP contribution in [0.1, 0.15) is 81.5 Å². The Morgan fingerprint density at radius 2 is 1.77 bits per heavy atom. The van der Waals surface area contributed by atoms with Crippen LogP contribution >= 0.6 is 0 Å². The van der Waals surface area contributed by atoms with Gasteiger partial charge >= 0.3 is 11.9 Å². The van der Waals surface area contributed by atoms with Crippen molar-refractivity contribution in [2.24, 2.45) is 22.7 Å². The highest BCUT2D eigenvalue weighted by Crippen LogP contribution is 2.67. The van der Waals surface area contributed by atoms with Gasteiger partial charge in [0, 0.05) is 24.7 Å². The molecule has 1 aromatic heterocycles. The summed E-state index contributed by atoms with van der Waals surface area (Å²) in [6, 6.07) is 10.8. The SMILES string of the molecule is CC(=O)O[C@@H]1[C@H]2[C@@H](C)c3ccoc3C[C@@H]2[C@@]2(C)CCCC(C)(C)[C@]2(O)[C@@H]1OC(=O)c1ccccc1. The maximum Gasteiger partial charge on any atom is 0.338 e. The maximum atomic E-state index is 13.4. The van der Waals surface area contributed by atoms with E-state index in [9.17, 15) is 14.7 Å². The van der Waals surface area contributed by atoms with Crippen LogP contribution in [0.25, 0.3) is 0 Å². The monoisotopic (exact) mass is 480 g/mol. The molecule has 0 saturated heterocycles. The Balaban J connectivity index is 1.69. The largest absolute Gasteiger partial charge is 0.469 e. The molecule has 2 aromatic rings. The van der Waals surface area contributed by atoms with Crippen molar-refractivity contribution in [3.63, 3.8) is 0 Å². The van der Waals surface area contributed by atoms with E-state index >= 15 is 0 Å². The number of aliphatic hydroxyl groups is 1. The molecule has 0 aliphatic heterocycles. The Morgan fingerprint density at radius 3 is 2.46 bits per heavy atom. The van der Waals surface area contributed by atoms with Gasteiger partial charge in [0.2, 0.25) is 0 Å². The van der Waals surface area contributed by atoms with Crippen LogP contribution < -0.4 is 0 Å². The molecule has 0 unspecified atom stereocenters. The molecular weight excluding hydrogens is 444 g/mol.